The summed E-state index contributed by atoms with van der Waals surface area (Å²) in [6.45, 7) is 4.16. The van der Waals surface area contributed by atoms with Crippen LogP contribution in [0.25, 0.3) is 0 Å². The van der Waals surface area contributed by atoms with Gasteiger partial charge in [0.2, 0.25) is 11.0 Å². The van der Waals surface area contributed by atoms with Crippen LogP contribution in [0.2, 0.25) is 0 Å². The van der Waals surface area contributed by atoms with Crippen LogP contribution >= 0.6 is 23.1 Å². The van der Waals surface area contributed by atoms with Gasteiger partial charge in [0.25, 0.3) is 5.91 Å². The van der Waals surface area contributed by atoms with Crippen molar-refractivity contribution in [2.75, 3.05) is 5.32 Å². The van der Waals surface area contributed by atoms with Crippen LogP contribution in [0.3, 0.4) is 0 Å². The van der Waals surface area contributed by atoms with Gasteiger partial charge in [-0.15, -0.1) is 10.2 Å². The van der Waals surface area contributed by atoms with Crippen molar-refractivity contribution >= 4 is 45.2 Å². The fourth-order valence-corrected chi connectivity index (χ4v) is 5.54. The van der Waals surface area contributed by atoms with Crippen LogP contribution in [0.4, 0.5) is 5.13 Å². The number of hydrogen-bond donors (Lipinski definition) is 2. The third-order valence-corrected chi connectivity index (χ3v) is 7.42. The largest absolute Gasteiger partial charge is 0.378 e. The Bertz CT molecular complexity index is 1210. The van der Waals surface area contributed by atoms with E-state index in [4.69, 9.17) is 5.73 Å². The molecule has 3 heterocycles. The highest BCUT2D eigenvalue weighted by molar-refractivity contribution is 8.17. The highest BCUT2D eigenvalue weighted by atomic mass is 32.2. The van der Waals surface area contributed by atoms with Crippen molar-refractivity contribution in [3.05, 3.63) is 76.7 Å². The third kappa shape index (κ3) is 7.27. The molecule has 1 saturated carbocycles. The summed E-state index contributed by atoms with van der Waals surface area (Å²) in [4.78, 5) is 37.6. The van der Waals surface area contributed by atoms with Crippen LogP contribution in [0.5, 0.6) is 0 Å². The predicted octanol–water partition coefficient (Wildman–Crippen LogP) is 3.72. The molecule has 1 aliphatic carbocycles. The molecule has 9 nitrogen and oxygen atoms in total. The van der Waals surface area contributed by atoms with Gasteiger partial charge in [-0.1, -0.05) is 41.8 Å². The minimum Gasteiger partial charge on any atom is -0.378 e. The molecule has 0 radical (unpaired) electrons. The minimum atomic E-state index is -0.336. The number of allylic oxidation sites excluding steroid dienone is 1. The van der Waals surface area contributed by atoms with E-state index in [1.54, 1.807) is 24.5 Å². The summed E-state index contributed by atoms with van der Waals surface area (Å²) in [6.07, 6.45) is 6.33. The SMILES string of the molecule is C=C(SC(N)=NC(=O)Cc1ccccn1)C1CCC(c2nnc(NC(=O)Cc3ccccn3)s2)C1. The summed E-state index contributed by atoms with van der Waals surface area (Å²) < 4.78 is 0. The van der Waals surface area contributed by atoms with Crippen LogP contribution < -0.4 is 11.1 Å². The maximum absolute atomic E-state index is 12.3. The van der Waals surface area contributed by atoms with Crippen LogP contribution in [0.15, 0.2) is 65.3 Å². The Morgan fingerprint density at radius 1 is 1.09 bits per heavy atom. The Kier molecular flexibility index (Phi) is 8.32. The summed E-state index contributed by atoms with van der Waals surface area (Å²) in [5.41, 5.74) is 7.35. The van der Waals surface area contributed by atoms with Crippen molar-refractivity contribution in [2.24, 2.45) is 16.6 Å². The van der Waals surface area contributed by atoms with Crippen LogP contribution in [0.1, 0.15) is 41.6 Å². The zero-order valence-electron chi connectivity index (χ0n) is 19.0. The Labute approximate surface area is 211 Å². The second-order valence-corrected chi connectivity index (χ2v) is 10.3. The van der Waals surface area contributed by atoms with E-state index in [0.717, 1.165) is 29.2 Å². The number of nitrogens with two attached hydrogens (primary N) is 1. The van der Waals surface area contributed by atoms with Gasteiger partial charge in [-0.2, -0.15) is 4.99 Å². The first-order valence-electron chi connectivity index (χ1n) is 11.1. The monoisotopic (exact) mass is 507 g/mol. The van der Waals surface area contributed by atoms with E-state index in [0.29, 0.717) is 16.5 Å². The summed E-state index contributed by atoms with van der Waals surface area (Å²) in [7, 11) is 0. The van der Waals surface area contributed by atoms with Crippen molar-refractivity contribution in [3.63, 3.8) is 0 Å². The van der Waals surface area contributed by atoms with Gasteiger partial charge < -0.3 is 11.1 Å². The minimum absolute atomic E-state index is 0.109. The number of amidine groups is 1. The number of aromatic nitrogens is 4. The Balaban J connectivity index is 1.25. The number of hydrogen-bond acceptors (Lipinski definition) is 8. The molecule has 1 fully saturated rings. The molecule has 11 heteroatoms. The van der Waals surface area contributed by atoms with Crippen molar-refractivity contribution in [1.82, 2.24) is 20.2 Å². The number of thioether (sulfide) groups is 1. The molecule has 3 aromatic heterocycles. The highest BCUT2D eigenvalue weighted by Crippen LogP contribution is 2.45. The maximum atomic E-state index is 12.3. The smallest absolute Gasteiger partial charge is 0.254 e. The van der Waals surface area contributed by atoms with E-state index in [-0.39, 0.29) is 41.7 Å². The first-order chi connectivity index (χ1) is 17.0. The van der Waals surface area contributed by atoms with Gasteiger partial charge in [-0.3, -0.25) is 19.6 Å². The van der Waals surface area contributed by atoms with Gasteiger partial charge in [-0.05, 0) is 54.4 Å². The van der Waals surface area contributed by atoms with E-state index in [1.807, 2.05) is 24.3 Å². The number of carbonyl (C=O) groups is 2. The number of nitrogens with one attached hydrogen (secondary N) is 1. The van der Waals surface area contributed by atoms with Crippen LogP contribution in [-0.2, 0) is 22.4 Å². The van der Waals surface area contributed by atoms with Crippen LogP contribution in [0, 0.1) is 5.92 Å². The van der Waals surface area contributed by atoms with E-state index >= 15 is 0 Å². The number of nitrogens with zero attached hydrogens (tertiary/aromatic N) is 5. The van der Waals surface area contributed by atoms with E-state index in [1.165, 1.54) is 23.1 Å². The Hall–Kier alpha value is -3.44. The number of anilines is 1. The standard InChI is InChI=1S/C24H25N7O2S2/c1-15(34-23(25)28-20(32)13-18-6-2-4-10-26-18)16-8-9-17(12-16)22-30-31-24(35-22)29-21(33)14-19-7-3-5-11-27-19/h2-7,10-11,16-17H,1,8-9,12-14H2,(H2,25,28,32)(H,29,31,33). The van der Waals surface area contributed by atoms with Crippen molar-refractivity contribution in [1.29, 1.82) is 0 Å². The van der Waals surface area contributed by atoms with Gasteiger partial charge in [0.05, 0.1) is 12.8 Å². The highest BCUT2D eigenvalue weighted by Gasteiger charge is 2.31. The molecule has 0 bridgehead atoms. The summed E-state index contributed by atoms with van der Waals surface area (Å²) in [5, 5.41) is 12.8. The first-order valence-corrected chi connectivity index (χ1v) is 12.8. The van der Waals surface area contributed by atoms with E-state index in [9.17, 15) is 9.59 Å². The van der Waals surface area contributed by atoms with Crippen molar-refractivity contribution < 1.29 is 9.59 Å². The predicted molar refractivity (Wildman–Crippen MR) is 138 cm³/mol. The van der Waals surface area contributed by atoms with E-state index < -0.39 is 0 Å². The zero-order chi connectivity index (χ0) is 24.6. The molecule has 4 rings (SSSR count). The lowest BCUT2D eigenvalue weighted by Gasteiger charge is -2.12. The van der Waals surface area contributed by atoms with Gasteiger partial charge in [0.15, 0.2) is 5.17 Å². The number of pyridine rings is 2. The van der Waals surface area contributed by atoms with Crippen LogP contribution in [-0.4, -0.2) is 37.1 Å². The molecule has 2 atom stereocenters. The molecule has 1 aliphatic rings. The normalized spacial score (nSPS) is 17.8. The molecular formula is C24H25N7O2S2. The topological polar surface area (TPSA) is 136 Å². The molecule has 2 unspecified atom stereocenters. The zero-order valence-corrected chi connectivity index (χ0v) is 20.6. The molecule has 0 aliphatic heterocycles. The average Bonchev–Trinajstić information content (AvgIpc) is 3.50. The van der Waals surface area contributed by atoms with E-state index in [2.05, 4.69) is 37.1 Å². The quantitative estimate of drug-likeness (QED) is 0.348. The molecule has 180 valence electrons. The fraction of sp³-hybridized carbons (Fsp3) is 0.292. The average molecular weight is 508 g/mol. The van der Waals surface area contributed by atoms with Gasteiger partial charge in [0.1, 0.15) is 5.01 Å². The molecule has 0 aromatic carbocycles. The van der Waals surface area contributed by atoms with Crippen molar-refractivity contribution in [2.45, 2.75) is 38.0 Å². The van der Waals surface area contributed by atoms with Gasteiger partial charge in [-0.25, -0.2) is 0 Å². The van der Waals surface area contributed by atoms with Crippen molar-refractivity contribution in [3.8, 4) is 0 Å². The summed E-state index contributed by atoms with van der Waals surface area (Å²) in [5.74, 6) is -0.0407. The number of aliphatic imine (C=N–C) groups is 1. The molecule has 2 amide bonds. The molecule has 3 N–H and O–H groups in total. The Morgan fingerprint density at radius 2 is 1.80 bits per heavy atom. The molecule has 35 heavy (non-hydrogen) atoms. The lowest BCUT2D eigenvalue weighted by molar-refractivity contribution is -0.117. The first kappa shape index (κ1) is 24.7. The Morgan fingerprint density at radius 3 is 2.49 bits per heavy atom. The number of amides is 2. The fourth-order valence-electron chi connectivity index (χ4n) is 3.84. The lowest BCUT2D eigenvalue weighted by Crippen LogP contribution is -2.14. The third-order valence-electron chi connectivity index (χ3n) is 5.52. The van der Waals surface area contributed by atoms with Gasteiger partial charge in [0, 0.05) is 29.7 Å². The molecular weight excluding hydrogens is 482 g/mol. The number of rotatable bonds is 8. The molecule has 3 aromatic rings. The maximum Gasteiger partial charge on any atom is 0.254 e. The molecule has 0 spiro atoms. The second-order valence-electron chi connectivity index (χ2n) is 8.11. The number of carbonyl (C=O) groups excluding carboxylic acids is 2. The van der Waals surface area contributed by atoms with Gasteiger partial charge >= 0.3 is 0 Å². The summed E-state index contributed by atoms with van der Waals surface area (Å²) in [6, 6.07) is 10.9. The lowest BCUT2D eigenvalue weighted by atomic mass is 10.1. The summed E-state index contributed by atoms with van der Waals surface area (Å²) >= 11 is 2.64. The molecule has 0 saturated heterocycles. The second kappa shape index (κ2) is 11.8.